The molecule has 0 amide bonds. The number of aromatic nitrogens is 2. The number of nitrogens with one attached hydrogen (secondary N) is 1. The van der Waals surface area contributed by atoms with E-state index in [-0.39, 0.29) is 5.92 Å². The highest BCUT2D eigenvalue weighted by molar-refractivity contribution is 6.30. The van der Waals surface area contributed by atoms with E-state index in [1.807, 2.05) is 42.5 Å². The van der Waals surface area contributed by atoms with Crippen molar-refractivity contribution < 1.29 is 13.2 Å². The Balaban J connectivity index is 1.66. The Labute approximate surface area is 159 Å². The number of hydrogen-bond acceptors (Lipinski definition) is 3. The summed E-state index contributed by atoms with van der Waals surface area (Å²) >= 11 is 5.98. The summed E-state index contributed by atoms with van der Waals surface area (Å²) in [5, 5.41) is 11.1. The van der Waals surface area contributed by atoms with Gasteiger partial charge < -0.3 is 5.32 Å². The fraction of sp³-hybridized carbons (Fsp3) is 0.200. The molecule has 3 nitrogen and oxygen atoms in total. The van der Waals surface area contributed by atoms with Crippen LogP contribution in [0.15, 0.2) is 54.6 Å². The van der Waals surface area contributed by atoms with Gasteiger partial charge in [0.05, 0.1) is 5.69 Å². The van der Waals surface area contributed by atoms with E-state index in [9.17, 15) is 13.2 Å². The van der Waals surface area contributed by atoms with Gasteiger partial charge in [0.15, 0.2) is 5.69 Å². The fourth-order valence-electron chi connectivity index (χ4n) is 3.35. The van der Waals surface area contributed by atoms with Gasteiger partial charge in [-0.3, -0.25) is 0 Å². The van der Waals surface area contributed by atoms with Gasteiger partial charge >= 0.3 is 6.18 Å². The molecular formula is C20H15ClF3N3. The Bertz CT molecular complexity index is 954. The minimum Gasteiger partial charge on any atom is -0.312 e. The monoisotopic (exact) mass is 389 g/mol. The minimum absolute atomic E-state index is 0.193. The van der Waals surface area contributed by atoms with E-state index in [1.165, 1.54) is 11.6 Å². The van der Waals surface area contributed by atoms with Crippen LogP contribution >= 0.6 is 11.6 Å². The summed E-state index contributed by atoms with van der Waals surface area (Å²) in [5.41, 5.74) is 3.62. The molecule has 0 fully saturated rings. The summed E-state index contributed by atoms with van der Waals surface area (Å²) < 4.78 is 38.0. The molecule has 1 unspecified atom stereocenters. The van der Waals surface area contributed by atoms with Crippen LogP contribution in [0.25, 0.3) is 11.3 Å². The molecule has 1 aliphatic heterocycles. The number of alkyl halides is 3. The van der Waals surface area contributed by atoms with Crippen LogP contribution in [0, 0.1) is 0 Å². The van der Waals surface area contributed by atoms with Crippen LogP contribution < -0.4 is 5.32 Å². The first-order valence-electron chi connectivity index (χ1n) is 8.42. The fourth-order valence-corrected chi connectivity index (χ4v) is 3.48. The zero-order valence-corrected chi connectivity index (χ0v) is 14.8. The van der Waals surface area contributed by atoms with E-state index in [0.717, 1.165) is 29.3 Å². The molecule has 7 heteroatoms. The van der Waals surface area contributed by atoms with E-state index in [0.29, 0.717) is 17.3 Å². The molecule has 1 atom stereocenters. The summed E-state index contributed by atoms with van der Waals surface area (Å²) in [6.45, 7) is 1.51. The molecule has 0 bridgehead atoms. The number of benzene rings is 2. The van der Waals surface area contributed by atoms with Crippen molar-refractivity contribution >= 4 is 11.6 Å². The molecule has 0 saturated carbocycles. The largest absolute Gasteiger partial charge is 0.435 e. The lowest BCUT2D eigenvalue weighted by Gasteiger charge is -2.27. The topological polar surface area (TPSA) is 37.8 Å². The average Bonchev–Trinajstić information content (AvgIpc) is 2.67. The summed E-state index contributed by atoms with van der Waals surface area (Å²) in [4.78, 5) is 0. The predicted octanol–water partition coefficient (Wildman–Crippen LogP) is 5.05. The highest BCUT2D eigenvalue weighted by Gasteiger charge is 2.33. The molecule has 0 saturated heterocycles. The maximum atomic E-state index is 12.7. The third-order valence-electron chi connectivity index (χ3n) is 4.71. The van der Waals surface area contributed by atoms with E-state index in [1.54, 1.807) is 0 Å². The second-order valence-electron chi connectivity index (χ2n) is 6.45. The first kappa shape index (κ1) is 17.9. The average molecular weight is 390 g/mol. The zero-order chi connectivity index (χ0) is 19.0. The lowest BCUT2D eigenvalue weighted by molar-refractivity contribution is -0.141. The Hall–Kier alpha value is -2.44. The van der Waals surface area contributed by atoms with Crippen molar-refractivity contribution in [2.75, 3.05) is 6.54 Å². The Morgan fingerprint density at radius 2 is 1.74 bits per heavy atom. The molecule has 0 radical (unpaired) electrons. The van der Waals surface area contributed by atoms with Gasteiger partial charge in [0.25, 0.3) is 0 Å². The van der Waals surface area contributed by atoms with Gasteiger partial charge in [-0.25, -0.2) is 0 Å². The van der Waals surface area contributed by atoms with Gasteiger partial charge in [-0.05, 0) is 47.0 Å². The van der Waals surface area contributed by atoms with Crippen LogP contribution in [-0.4, -0.2) is 16.7 Å². The third-order valence-corrected chi connectivity index (χ3v) is 4.96. The molecule has 1 aromatic heterocycles. The van der Waals surface area contributed by atoms with E-state index < -0.39 is 11.9 Å². The summed E-state index contributed by atoms with van der Waals surface area (Å²) in [6.07, 6.45) is -4.49. The maximum absolute atomic E-state index is 12.7. The van der Waals surface area contributed by atoms with E-state index in [4.69, 9.17) is 11.6 Å². The van der Waals surface area contributed by atoms with E-state index in [2.05, 4.69) is 15.5 Å². The number of rotatable bonds is 2. The normalized spacial score (nSPS) is 16.8. The summed E-state index contributed by atoms with van der Waals surface area (Å²) in [5.74, 6) is 0.193. The Morgan fingerprint density at radius 3 is 2.41 bits per heavy atom. The molecular weight excluding hydrogens is 375 g/mol. The van der Waals surface area contributed by atoms with Crippen molar-refractivity contribution in [2.24, 2.45) is 0 Å². The predicted molar refractivity (Wildman–Crippen MR) is 97.5 cm³/mol. The lowest BCUT2D eigenvalue weighted by atomic mass is 9.84. The van der Waals surface area contributed by atoms with Gasteiger partial charge in [0, 0.05) is 29.6 Å². The van der Waals surface area contributed by atoms with Gasteiger partial charge in [-0.15, -0.1) is 10.2 Å². The van der Waals surface area contributed by atoms with Crippen molar-refractivity contribution in [1.82, 2.24) is 15.5 Å². The van der Waals surface area contributed by atoms with Crippen LogP contribution in [0.1, 0.15) is 28.3 Å². The van der Waals surface area contributed by atoms with Crippen molar-refractivity contribution in [3.05, 3.63) is 82.0 Å². The molecule has 0 spiro atoms. The molecule has 1 N–H and O–H groups in total. The first-order chi connectivity index (χ1) is 12.9. The van der Waals surface area contributed by atoms with Crippen molar-refractivity contribution in [1.29, 1.82) is 0 Å². The second kappa shape index (κ2) is 6.94. The third kappa shape index (κ3) is 3.68. The lowest BCUT2D eigenvalue weighted by Crippen LogP contribution is -2.28. The molecule has 2 heterocycles. The van der Waals surface area contributed by atoms with Crippen molar-refractivity contribution in [3.63, 3.8) is 0 Å². The van der Waals surface area contributed by atoms with E-state index >= 15 is 0 Å². The van der Waals surface area contributed by atoms with Crippen LogP contribution in [0.5, 0.6) is 0 Å². The molecule has 2 aromatic carbocycles. The summed E-state index contributed by atoms with van der Waals surface area (Å²) in [7, 11) is 0. The molecule has 4 rings (SSSR count). The molecule has 138 valence electrons. The molecule has 0 aliphatic carbocycles. The van der Waals surface area contributed by atoms with Crippen LogP contribution in [-0.2, 0) is 12.7 Å². The first-order valence-corrected chi connectivity index (χ1v) is 8.80. The van der Waals surface area contributed by atoms with Crippen LogP contribution in [0.2, 0.25) is 5.02 Å². The van der Waals surface area contributed by atoms with Crippen molar-refractivity contribution in [2.45, 2.75) is 18.6 Å². The highest BCUT2D eigenvalue weighted by atomic mass is 35.5. The quantitative estimate of drug-likeness (QED) is 0.666. The smallest absolute Gasteiger partial charge is 0.312 e. The van der Waals surface area contributed by atoms with Crippen LogP contribution in [0.4, 0.5) is 13.2 Å². The minimum atomic E-state index is -4.49. The maximum Gasteiger partial charge on any atom is 0.435 e. The van der Waals surface area contributed by atoms with Gasteiger partial charge in [-0.1, -0.05) is 35.9 Å². The standard InChI is InChI=1S/C20H15ClF3N3/c21-15-4-1-12(2-5-15)17-11-25-10-14-9-13(3-6-16(14)17)18-7-8-19(27-26-18)20(22,23)24/h1-9,17,25H,10-11H2. The number of fused-ring (bicyclic) bond motifs is 1. The van der Waals surface area contributed by atoms with Gasteiger partial charge in [0.1, 0.15) is 0 Å². The Morgan fingerprint density at radius 1 is 0.963 bits per heavy atom. The van der Waals surface area contributed by atoms with Gasteiger partial charge in [0.2, 0.25) is 0 Å². The second-order valence-corrected chi connectivity index (χ2v) is 6.89. The molecule has 1 aliphatic rings. The zero-order valence-electron chi connectivity index (χ0n) is 14.1. The summed E-state index contributed by atoms with van der Waals surface area (Å²) in [6, 6.07) is 15.9. The molecule has 27 heavy (non-hydrogen) atoms. The van der Waals surface area contributed by atoms with Gasteiger partial charge in [-0.2, -0.15) is 13.2 Å². The number of halogens is 4. The number of nitrogens with zero attached hydrogens (tertiary/aromatic N) is 2. The number of hydrogen-bond donors (Lipinski definition) is 1. The highest BCUT2D eigenvalue weighted by Crippen LogP contribution is 2.33. The van der Waals surface area contributed by atoms with Crippen LogP contribution in [0.3, 0.4) is 0 Å². The Kier molecular flexibility index (Phi) is 4.61. The SMILES string of the molecule is FC(F)(F)c1ccc(-c2ccc3c(c2)CNCC3c2ccc(Cl)cc2)nn1. The van der Waals surface area contributed by atoms with Crippen molar-refractivity contribution in [3.8, 4) is 11.3 Å². The molecule has 3 aromatic rings.